The van der Waals surface area contributed by atoms with Crippen molar-refractivity contribution < 1.29 is 80.2 Å². The highest BCUT2D eigenvalue weighted by Gasteiger charge is 2.30. The summed E-state index contributed by atoms with van der Waals surface area (Å²) in [6.07, 6.45) is 68.1. The number of ether oxygens (including phenoxy) is 4. The van der Waals surface area contributed by atoms with Gasteiger partial charge in [-0.25, -0.2) is 9.13 Å². The zero-order valence-electron chi connectivity index (χ0n) is 68.3. The van der Waals surface area contributed by atoms with Crippen LogP contribution in [0.25, 0.3) is 0 Å². The SMILES string of the molecule is CCCCCCCCCCCCCCCCCCCC(=O)O[C@H](COC(=O)CCCCCCCCC)COP(=O)(O)OC[C@H](O)COP(=O)(O)OC[C@@H](COC(=O)CCCCCCCCCCCCCCCCC(C)CC)OC(=O)CCCCCCCCCCCCCCCCCCCCC(C)CC. The molecule has 0 saturated heterocycles. The van der Waals surface area contributed by atoms with E-state index >= 15 is 0 Å². The standard InChI is InChI=1S/C85H166O17P2/c1-7-11-13-15-17-18-19-20-21-24-28-35-40-45-51-57-63-69-84(89)101-80(73-95-82(87)67-61-55-47-16-14-12-8-2)75-99-103(91,92)97-71-79(86)72-98-104(93,94)100-76-81(74-96-83(88)68-62-56-50-44-39-34-31-30-33-38-43-49-54-60-66-78(6)10-4)102-85(90)70-64-58-52-46-41-36-29-26-23-22-25-27-32-37-42-48-53-59-65-77(5)9-3/h77-81,86H,7-76H2,1-6H3,(H,91,92)(H,93,94)/t77?,78?,79-,80+,81+/m0/s1. The second-order valence-electron chi connectivity index (χ2n) is 31.1. The molecule has 0 aliphatic carbocycles. The van der Waals surface area contributed by atoms with Gasteiger partial charge in [0.2, 0.25) is 0 Å². The summed E-state index contributed by atoms with van der Waals surface area (Å²) >= 11 is 0. The van der Waals surface area contributed by atoms with E-state index in [4.69, 9.17) is 37.0 Å². The summed E-state index contributed by atoms with van der Waals surface area (Å²) < 4.78 is 68.7. The predicted octanol–water partition coefficient (Wildman–Crippen LogP) is 25.8. The summed E-state index contributed by atoms with van der Waals surface area (Å²) in [5.74, 6) is -0.387. The Morgan fingerprint density at radius 1 is 0.269 bits per heavy atom. The van der Waals surface area contributed by atoms with Crippen LogP contribution >= 0.6 is 15.6 Å². The van der Waals surface area contributed by atoms with Crippen molar-refractivity contribution in [2.75, 3.05) is 39.6 Å². The zero-order valence-corrected chi connectivity index (χ0v) is 70.1. The minimum Gasteiger partial charge on any atom is -0.462 e. The Bertz CT molecular complexity index is 2000. The maximum absolute atomic E-state index is 13.1. The summed E-state index contributed by atoms with van der Waals surface area (Å²) in [5, 5.41) is 10.6. The van der Waals surface area contributed by atoms with Crippen molar-refractivity contribution in [3.8, 4) is 0 Å². The van der Waals surface area contributed by atoms with Gasteiger partial charge >= 0.3 is 39.5 Å². The van der Waals surface area contributed by atoms with Gasteiger partial charge in [0, 0.05) is 25.7 Å². The van der Waals surface area contributed by atoms with Crippen LogP contribution in [0.5, 0.6) is 0 Å². The number of rotatable bonds is 84. The van der Waals surface area contributed by atoms with Crippen LogP contribution in [-0.2, 0) is 65.4 Å². The first-order valence-electron chi connectivity index (χ1n) is 44.1. The van der Waals surface area contributed by atoms with E-state index in [1.807, 2.05) is 0 Å². The third-order valence-electron chi connectivity index (χ3n) is 20.7. The lowest BCUT2D eigenvalue weighted by molar-refractivity contribution is -0.161. The molecule has 4 unspecified atom stereocenters. The maximum atomic E-state index is 13.1. The molecule has 0 saturated carbocycles. The van der Waals surface area contributed by atoms with Crippen LogP contribution in [0.2, 0.25) is 0 Å². The molecule has 0 aliphatic heterocycles. The first kappa shape index (κ1) is 102. The van der Waals surface area contributed by atoms with Gasteiger partial charge < -0.3 is 33.8 Å². The van der Waals surface area contributed by atoms with Crippen molar-refractivity contribution in [2.45, 2.75) is 471 Å². The lowest BCUT2D eigenvalue weighted by atomic mass is 9.99. The van der Waals surface area contributed by atoms with Crippen molar-refractivity contribution in [3.05, 3.63) is 0 Å². The molecule has 0 aromatic carbocycles. The van der Waals surface area contributed by atoms with E-state index in [2.05, 4.69) is 41.5 Å². The lowest BCUT2D eigenvalue weighted by Gasteiger charge is -2.21. The monoisotopic (exact) mass is 1520 g/mol. The molecule has 0 amide bonds. The average molecular weight is 1520 g/mol. The van der Waals surface area contributed by atoms with Gasteiger partial charge in [0.1, 0.15) is 19.3 Å². The molecule has 104 heavy (non-hydrogen) atoms. The molecular weight excluding hydrogens is 1350 g/mol. The molecule has 0 radical (unpaired) electrons. The molecule has 618 valence electrons. The van der Waals surface area contributed by atoms with Gasteiger partial charge in [-0.3, -0.25) is 37.3 Å². The van der Waals surface area contributed by atoms with Crippen molar-refractivity contribution >= 4 is 39.5 Å². The number of aliphatic hydroxyl groups excluding tert-OH is 1. The molecule has 0 bridgehead atoms. The van der Waals surface area contributed by atoms with Crippen LogP contribution in [0.15, 0.2) is 0 Å². The lowest BCUT2D eigenvalue weighted by Crippen LogP contribution is -2.30. The Kier molecular flexibility index (Phi) is 75.0. The Labute approximate surface area is 638 Å². The Hall–Kier alpha value is -1.94. The van der Waals surface area contributed by atoms with E-state index < -0.39 is 97.5 Å². The van der Waals surface area contributed by atoms with Crippen molar-refractivity contribution in [2.24, 2.45) is 11.8 Å². The van der Waals surface area contributed by atoms with E-state index in [9.17, 15) is 43.2 Å². The molecule has 3 N–H and O–H groups in total. The second kappa shape index (κ2) is 76.4. The summed E-state index contributed by atoms with van der Waals surface area (Å²) in [6.45, 7) is 9.75. The summed E-state index contributed by atoms with van der Waals surface area (Å²) in [4.78, 5) is 73.0. The molecule has 0 aromatic heterocycles. The fraction of sp³-hybridized carbons (Fsp3) is 0.953. The molecule has 0 aromatic rings. The number of carbonyl (C=O) groups excluding carboxylic acids is 4. The number of carbonyl (C=O) groups is 4. The second-order valence-corrected chi connectivity index (χ2v) is 34.0. The normalized spacial score (nSPS) is 14.4. The van der Waals surface area contributed by atoms with Gasteiger partial charge in [-0.05, 0) is 37.5 Å². The van der Waals surface area contributed by atoms with Gasteiger partial charge in [-0.15, -0.1) is 0 Å². The third-order valence-corrected chi connectivity index (χ3v) is 22.6. The van der Waals surface area contributed by atoms with Crippen molar-refractivity contribution in [1.29, 1.82) is 0 Å². The maximum Gasteiger partial charge on any atom is 0.472 e. The first-order chi connectivity index (χ1) is 50.4. The highest BCUT2D eigenvalue weighted by Crippen LogP contribution is 2.45. The summed E-state index contributed by atoms with van der Waals surface area (Å²) in [7, 11) is -9.92. The number of hydrogen-bond donors (Lipinski definition) is 3. The highest BCUT2D eigenvalue weighted by atomic mass is 31.2. The third kappa shape index (κ3) is 75.5. The summed E-state index contributed by atoms with van der Waals surface area (Å²) in [6, 6.07) is 0. The topological polar surface area (TPSA) is 237 Å². The van der Waals surface area contributed by atoms with E-state index in [0.717, 1.165) is 115 Å². The van der Waals surface area contributed by atoms with E-state index in [-0.39, 0.29) is 25.7 Å². The first-order valence-corrected chi connectivity index (χ1v) is 47.1. The Morgan fingerprint density at radius 3 is 0.683 bits per heavy atom. The fourth-order valence-electron chi connectivity index (χ4n) is 13.2. The van der Waals surface area contributed by atoms with Crippen LogP contribution in [0.3, 0.4) is 0 Å². The zero-order chi connectivity index (χ0) is 76.4. The number of aliphatic hydroxyl groups is 1. The quantitative estimate of drug-likeness (QED) is 0.0222. The predicted molar refractivity (Wildman–Crippen MR) is 428 cm³/mol. The molecular formula is C85H166O17P2. The Morgan fingerprint density at radius 2 is 0.462 bits per heavy atom. The van der Waals surface area contributed by atoms with Crippen LogP contribution in [-0.4, -0.2) is 96.7 Å². The molecule has 19 heteroatoms. The summed E-state index contributed by atoms with van der Waals surface area (Å²) in [5.41, 5.74) is 0. The van der Waals surface area contributed by atoms with Crippen LogP contribution in [0, 0.1) is 11.8 Å². The number of phosphoric acid groups is 2. The number of unbranched alkanes of at least 4 members (excludes halogenated alkanes) is 52. The Balaban J connectivity index is 5.17. The largest absolute Gasteiger partial charge is 0.472 e. The molecule has 7 atom stereocenters. The number of hydrogen-bond acceptors (Lipinski definition) is 15. The molecule has 0 rings (SSSR count). The minimum absolute atomic E-state index is 0.108. The smallest absolute Gasteiger partial charge is 0.462 e. The van der Waals surface area contributed by atoms with E-state index in [1.54, 1.807) is 0 Å². The van der Waals surface area contributed by atoms with Crippen LogP contribution in [0.4, 0.5) is 0 Å². The highest BCUT2D eigenvalue weighted by molar-refractivity contribution is 7.47. The van der Waals surface area contributed by atoms with Gasteiger partial charge in [0.25, 0.3) is 0 Å². The minimum atomic E-state index is -4.96. The molecule has 0 aliphatic rings. The van der Waals surface area contributed by atoms with Gasteiger partial charge in [-0.2, -0.15) is 0 Å². The number of esters is 4. The van der Waals surface area contributed by atoms with Crippen LogP contribution < -0.4 is 0 Å². The van der Waals surface area contributed by atoms with E-state index in [1.165, 1.54) is 257 Å². The molecule has 0 fully saturated rings. The number of phosphoric ester groups is 2. The van der Waals surface area contributed by atoms with Gasteiger partial charge in [0.05, 0.1) is 26.4 Å². The van der Waals surface area contributed by atoms with Crippen molar-refractivity contribution in [1.82, 2.24) is 0 Å². The fourth-order valence-corrected chi connectivity index (χ4v) is 14.8. The molecule has 17 nitrogen and oxygen atoms in total. The van der Waals surface area contributed by atoms with Gasteiger partial charge in [0.15, 0.2) is 12.2 Å². The van der Waals surface area contributed by atoms with Crippen molar-refractivity contribution in [3.63, 3.8) is 0 Å². The average Bonchev–Trinajstić information content (AvgIpc) is 0.904. The molecule has 0 spiro atoms. The van der Waals surface area contributed by atoms with Crippen LogP contribution in [0.1, 0.15) is 452 Å². The van der Waals surface area contributed by atoms with E-state index in [0.29, 0.717) is 25.7 Å². The van der Waals surface area contributed by atoms with Gasteiger partial charge in [-0.1, -0.05) is 401 Å². The molecule has 0 heterocycles.